The molecule has 0 aromatic rings. The molecule has 1 saturated heterocycles. The average molecular weight is 293 g/mol. The molecule has 3 rings (SSSR count). The molecule has 3 aliphatic rings. The van der Waals surface area contributed by atoms with Gasteiger partial charge in [0.2, 0.25) is 0 Å². The third-order valence-corrected chi connectivity index (χ3v) is 5.88. The van der Waals surface area contributed by atoms with Crippen LogP contribution < -0.4 is 11.1 Å². The van der Waals surface area contributed by atoms with Gasteiger partial charge >= 0.3 is 0 Å². The van der Waals surface area contributed by atoms with E-state index in [1.165, 1.54) is 51.4 Å². The minimum atomic E-state index is 0.365. The fraction of sp³-hybridized carbons (Fsp3) is 0.941. The second kappa shape index (κ2) is 6.55. The van der Waals surface area contributed by atoms with Crippen LogP contribution in [0.3, 0.4) is 0 Å². The van der Waals surface area contributed by atoms with E-state index in [-0.39, 0.29) is 0 Å². The van der Waals surface area contributed by atoms with Crippen LogP contribution in [0.15, 0.2) is 4.99 Å². The average Bonchev–Trinajstić information content (AvgIpc) is 3.13. The van der Waals surface area contributed by atoms with Crippen molar-refractivity contribution in [3.05, 3.63) is 0 Å². The van der Waals surface area contributed by atoms with Gasteiger partial charge in [-0.2, -0.15) is 0 Å². The molecule has 3 fully saturated rings. The molecule has 1 aliphatic heterocycles. The maximum Gasteiger partial charge on any atom is 0.188 e. The lowest BCUT2D eigenvalue weighted by Gasteiger charge is -2.57. The lowest BCUT2D eigenvalue weighted by Crippen LogP contribution is -2.69. The number of nitrogens with two attached hydrogens (primary N) is 1. The number of fused-ring (bicyclic) bond motifs is 2. The highest BCUT2D eigenvalue weighted by molar-refractivity contribution is 5.78. The molecule has 0 radical (unpaired) electrons. The highest BCUT2D eigenvalue weighted by Gasteiger charge is 2.64. The third kappa shape index (κ3) is 2.79. The molecule has 0 aromatic carbocycles. The molecule has 4 nitrogen and oxygen atoms in total. The van der Waals surface area contributed by atoms with Gasteiger partial charge in [0.05, 0.1) is 6.10 Å². The van der Waals surface area contributed by atoms with Crippen LogP contribution >= 0.6 is 0 Å². The number of unbranched alkanes of at least 4 members (excludes halogenated alkanes) is 3. The Balaban J connectivity index is 1.52. The Kier molecular flexibility index (Phi) is 4.72. The van der Waals surface area contributed by atoms with E-state index < -0.39 is 0 Å². The van der Waals surface area contributed by atoms with Gasteiger partial charge < -0.3 is 15.8 Å². The van der Waals surface area contributed by atoms with Gasteiger partial charge in [-0.1, -0.05) is 39.0 Å². The lowest BCUT2D eigenvalue weighted by molar-refractivity contribution is -0.124. The Morgan fingerprint density at radius 2 is 2.10 bits per heavy atom. The summed E-state index contributed by atoms with van der Waals surface area (Å²) in [6.07, 6.45) is 12.0. The predicted molar refractivity (Wildman–Crippen MR) is 86.3 cm³/mol. The number of hydrogen-bond acceptors (Lipinski definition) is 2. The summed E-state index contributed by atoms with van der Waals surface area (Å²) in [7, 11) is 0. The van der Waals surface area contributed by atoms with E-state index in [0.717, 1.165) is 19.6 Å². The first-order chi connectivity index (χ1) is 10.3. The van der Waals surface area contributed by atoms with Crippen LogP contribution in [0.1, 0.15) is 64.7 Å². The summed E-state index contributed by atoms with van der Waals surface area (Å²) in [5.74, 6) is 1.32. The normalized spacial score (nSPS) is 34.0. The van der Waals surface area contributed by atoms with E-state index in [2.05, 4.69) is 17.2 Å². The van der Waals surface area contributed by atoms with Gasteiger partial charge in [-0.15, -0.1) is 0 Å². The number of ether oxygens (including phenoxy) is 1. The van der Waals surface area contributed by atoms with E-state index in [0.29, 0.717) is 29.4 Å². The van der Waals surface area contributed by atoms with Crippen molar-refractivity contribution in [1.29, 1.82) is 0 Å². The smallest absolute Gasteiger partial charge is 0.188 e. The highest BCUT2D eigenvalue weighted by atomic mass is 16.5. The zero-order valence-corrected chi connectivity index (χ0v) is 13.4. The maximum atomic E-state index is 6.13. The lowest BCUT2D eigenvalue weighted by atomic mass is 9.54. The third-order valence-electron chi connectivity index (χ3n) is 5.88. The van der Waals surface area contributed by atoms with Gasteiger partial charge in [0, 0.05) is 30.5 Å². The number of aliphatic imine (C=N–C) groups is 1. The molecule has 2 saturated carbocycles. The van der Waals surface area contributed by atoms with Crippen molar-refractivity contribution in [2.75, 3.05) is 13.2 Å². The summed E-state index contributed by atoms with van der Waals surface area (Å²) in [4.78, 5) is 4.53. The molecule has 120 valence electrons. The van der Waals surface area contributed by atoms with Crippen molar-refractivity contribution in [2.24, 2.45) is 22.1 Å². The number of nitrogens with zero attached hydrogens (tertiary/aromatic N) is 1. The summed E-state index contributed by atoms with van der Waals surface area (Å²) in [6.45, 7) is 4.03. The Labute approximate surface area is 128 Å². The molecule has 1 heterocycles. The first-order valence-electron chi connectivity index (χ1n) is 8.96. The van der Waals surface area contributed by atoms with Crippen molar-refractivity contribution in [2.45, 2.75) is 76.9 Å². The van der Waals surface area contributed by atoms with Crippen molar-refractivity contribution in [1.82, 2.24) is 5.32 Å². The fourth-order valence-electron chi connectivity index (χ4n) is 4.85. The van der Waals surface area contributed by atoms with Crippen molar-refractivity contribution in [3.63, 3.8) is 0 Å². The van der Waals surface area contributed by atoms with Crippen LogP contribution in [0.5, 0.6) is 0 Å². The molecule has 21 heavy (non-hydrogen) atoms. The Morgan fingerprint density at radius 3 is 2.86 bits per heavy atom. The van der Waals surface area contributed by atoms with E-state index in [1.807, 2.05) is 0 Å². The number of guanidine groups is 1. The topological polar surface area (TPSA) is 59.6 Å². The van der Waals surface area contributed by atoms with E-state index >= 15 is 0 Å². The molecule has 0 amide bonds. The zero-order valence-electron chi connectivity index (χ0n) is 13.4. The summed E-state index contributed by atoms with van der Waals surface area (Å²) >= 11 is 0. The summed E-state index contributed by atoms with van der Waals surface area (Å²) in [5.41, 5.74) is 6.50. The Hall–Kier alpha value is -0.770. The number of rotatable bonds is 6. The summed E-state index contributed by atoms with van der Waals surface area (Å²) in [5, 5.41) is 3.56. The van der Waals surface area contributed by atoms with E-state index in [1.54, 1.807) is 0 Å². The largest absolute Gasteiger partial charge is 0.377 e. The zero-order chi connectivity index (χ0) is 14.7. The monoisotopic (exact) mass is 293 g/mol. The van der Waals surface area contributed by atoms with Crippen LogP contribution in [0.2, 0.25) is 0 Å². The van der Waals surface area contributed by atoms with Crippen LogP contribution in [-0.2, 0) is 4.74 Å². The van der Waals surface area contributed by atoms with Crippen molar-refractivity contribution in [3.8, 4) is 0 Å². The van der Waals surface area contributed by atoms with Gasteiger partial charge in [0.25, 0.3) is 0 Å². The second-order valence-corrected chi connectivity index (χ2v) is 7.13. The van der Waals surface area contributed by atoms with Crippen LogP contribution in [-0.4, -0.2) is 31.3 Å². The molecule has 3 atom stereocenters. The first-order valence-corrected chi connectivity index (χ1v) is 8.96. The van der Waals surface area contributed by atoms with Crippen molar-refractivity contribution < 1.29 is 4.74 Å². The quantitative estimate of drug-likeness (QED) is 0.450. The SMILES string of the molecule is CCCCCCN=C(N)NC1C2CCOC2C12CCCC2. The van der Waals surface area contributed by atoms with Gasteiger partial charge in [0.1, 0.15) is 0 Å². The molecule has 1 spiro atoms. The molecule has 2 aliphatic carbocycles. The maximum absolute atomic E-state index is 6.13. The van der Waals surface area contributed by atoms with Gasteiger partial charge in [-0.05, 0) is 25.7 Å². The van der Waals surface area contributed by atoms with E-state index in [9.17, 15) is 0 Å². The van der Waals surface area contributed by atoms with Crippen LogP contribution in [0.4, 0.5) is 0 Å². The number of hydrogen-bond donors (Lipinski definition) is 2. The van der Waals surface area contributed by atoms with Crippen LogP contribution in [0.25, 0.3) is 0 Å². The molecule has 3 N–H and O–H groups in total. The van der Waals surface area contributed by atoms with Gasteiger partial charge in [-0.25, -0.2) is 0 Å². The minimum absolute atomic E-state index is 0.365. The van der Waals surface area contributed by atoms with Gasteiger partial charge in [0.15, 0.2) is 5.96 Å². The molecule has 0 bridgehead atoms. The van der Waals surface area contributed by atoms with Crippen LogP contribution in [0, 0.1) is 11.3 Å². The molecule has 3 unspecified atom stereocenters. The van der Waals surface area contributed by atoms with E-state index in [4.69, 9.17) is 10.5 Å². The molecule has 4 heteroatoms. The molecular weight excluding hydrogens is 262 g/mol. The predicted octanol–water partition coefficient (Wildman–Crippen LogP) is 2.82. The Bertz CT molecular complexity index is 376. The number of nitrogens with one attached hydrogen (secondary N) is 1. The fourth-order valence-corrected chi connectivity index (χ4v) is 4.85. The first kappa shape index (κ1) is 15.1. The van der Waals surface area contributed by atoms with Gasteiger partial charge in [-0.3, -0.25) is 4.99 Å². The second-order valence-electron chi connectivity index (χ2n) is 7.13. The summed E-state index contributed by atoms with van der Waals surface area (Å²) in [6, 6.07) is 0.506. The Morgan fingerprint density at radius 1 is 1.29 bits per heavy atom. The summed E-state index contributed by atoms with van der Waals surface area (Å²) < 4.78 is 6.01. The molecule has 0 aromatic heterocycles. The standard InChI is InChI=1S/C17H31N3O/c1-2-3-4-7-11-19-16(18)20-14-13-8-12-21-15(13)17(14)9-5-6-10-17/h13-15H,2-12H2,1H3,(H3,18,19,20). The van der Waals surface area contributed by atoms with Crippen molar-refractivity contribution >= 4 is 5.96 Å². The highest BCUT2D eigenvalue weighted by Crippen LogP contribution is 2.60. The minimum Gasteiger partial charge on any atom is -0.377 e. The molecular formula is C17H31N3O.